The number of amides is 1. The summed E-state index contributed by atoms with van der Waals surface area (Å²) in [7, 11) is 0. The van der Waals surface area contributed by atoms with Gasteiger partial charge in [0.05, 0.1) is 12.5 Å². The molecule has 94 valence electrons. The molecule has 1 amide bonds. The van der Waals surface area contributed by atoms with Gasteiger partial charge in [0.2, 0.25) is 0 Å². The molecule has 1 aliphatic heterocycles. The van der Waals surface area contributed by atoms with Gasteiger partial charge in [-0.2, -0.15) is 0 Å². The van der Waals surface area contributed by atoms with Crippen LogP contribution in [0.2, 0.25) is 0 Å². The summed E-state index contributed by atoms with van der Waals surface area (Å²) >= 11 is 0. The second kappa shape index (κ2) is 5.29. The third kappa shape index (κ3) is 3.04. The maximum Gasteiger partial charge on any atom is 0.310 e. The fraction of sp³-hybridized carbons (Fsp3) is 0.636. The smallest absolute Gasteiger partial charge is 0.310 e. The van der Waals surface area contributed by atoms with Gasteiger partial charge < -0.3 is 20.5 Å². The molecule has 2 aliphatic rings. The zero-order chi connectivity index (χ0) is 12.3. The Morgan fingerprint density at radius 1 is 1.41 bits per heavy atom. The molecule has 1 aliphatic carbocycles. The molecule has 2 rings (SSSR count). The van der Waals surface area contributed by atoms with E-state index in [-0.39, 0.29) is 11.9 Å². The van der Waals surface area contributed by atoms with Crippen molar-refractivity contribution in [3.8, 4) is 0 Å². The zero-order valence-corrected chi connectivity index (χ0v) is 9.39. The highest BCUT2D eigenvalue weighted by Crippen LogP contribution is 2.18. The minimum atomic E-state index is -0.853. The number of carbonyl (C=O) groups is 2. The molecule has 3 atom stereocenters. The van der Waals surface area contributed by atoms with E-state index in [9.17, 15) is 9.59 Å². The summed E-state index contributed by atoms with van der Waals surface area (Å²) in [5, 5.41) is 14.7. The highest BCUT2D eigenvalue weighted by atomic mass is 16.5. The van der Waals surface area contributed by atoms with E-state index in [0.29, 0.717) is 19.6 Å². The van der Waals surface area contributed by atoms with Crippen LogP contribution in [-0.2, 0) is 14.3 Å². The van der Waals surface area contributed by atoms with E-state index in [1.54, 1.807) is 12.2 Å². The number of ether oxygens (including phenoxy) is 1. The van der Waals surface area contributed by atoms with Gasteiger partial charge in [0, 0.05) is 19.1 Å². The van der Waals surface area contributed by atoms with Crippen LogP contribution in [0, 0.1) is 5.92 Å². The van der Waals surface area contributed by atoms with Crippen molar-refractivity contribution in [2.45, 2.75) is 18.6 Å². The second-order valence-corrected chi connectivity index (χ2v) is 4.24. The van der Waals surface area contributed by atoms with Gasteiger partial charge in [0.25, 0.3) is 5.91 Å². The minimum absolute atomic E-state index is 0.183. The van der Waals surface area contributed by atoms with E-state index < -0.39 is 18.0 Å². The number of rotatable bonds is 3. The average molecular weight is 240 g/mol. The molecule has 0 spiro atoms. The number of hydrogen-bond acceptors (Lipinski definition) is 4. The lowest BCUT2D eigenvalue weighted by molar-refractivity contribution is -0.140. The van der Waals surface area contributed by atoms with Crippen LogP contribution in [0.3, 0.4) is 0 Å². The molecule has 6 nitrogen and oxygen atoms in total. The van der Waals surface area contributed by atoms with Crippen molar-refractivity contribution in [1.82, 2.24) is 10.6 Å². The topological polar surface area (TPSA) is 87.7 Å². The number of nitrogens with one attached hydrogen (secondary N) is 2. The predicted molar refractivity (Wildman–Crippen MR) is 59.4 cm³/mol. The molecular weight excluding hydrogens is 224 g/mol. The number of carbonyl (C=O) groups excluding carboxylic acids is 1. The summed E-state index contributed by atoms with van der Waals surface area (Å²) in [6.45, 7) is 1.79. The van der Waals surface area contributed by atoms with Crippen molar-refractivity contribution in [2.24, 2.45) is 5.92 Å². The summed E-state index contributed by atoms with van der Waals surface area (Å²) < 4.78 is 5.31. The Kier molecular flexibility index (Phi) is 3.75. The van der Waals surface area contributed by atoms with Crippen LogP contribution in [0.4, 0.5) is 0 Å². The van der Waals surface area contributed by atoms with E-state index in [1.807, 2.05) is 0 Å². The van der Waals surface area contributed by atoms with Gasteiger partial charge in [0.15, 0.2) is 0 Å². The van der Waals surface area contributed by atoms with Gasteiger partial charge in [-0.3, -0.25) is 9.59 Å². The standard InChI is InChI=1S/C11H16N2O4/c14-10(9-6-12-3-4-17-9)13-8-2-1-7(5-8)11(15)16/h1-2,7-9,12H,3-6H2,(H,13,14)(H,15,16). The SMILES string of the molecule is O=C(O)C1C=CC(NC(=O)C2CNCCO2)C1. The van der Waals surface area contributed by atoms with Crippen LogP contribution < -0.4 is 10.6 Å². The third-order valence-electron chi connectivity index (χ3n) is 2.95. The Hall–Kier alpha value is -1.40. The lowest BCUT2D eigenvalue weighted by Gasteiger charge is -2.24. The maximum absolute atomic E-state index is 11.8. The zero-order valence-electron chi connectivity index (χ0n) is 9.39. The molecule has 17 heavy (non-hydrogen) atoms. The number of carboxylic acid groups (broad SMARTS) is 1. The molecule has 6 heteroatoms. The average Bonchev–Trinajstić information content (AvgIpc) is 2.79. The van der Waals surface area contributed by atoms with Crippen LogP contribution in [0.1, 0.15) is 6.42 Å². The van der Waals surface area contributed by atoms with Crippen molar-refractivity contribution in [3.63, 3.8) is 0 Å². The second-order valence-electron chi connectivity index (χ2n) is 4.24. The normalized spacial score (nSPS) is 32.4. The largest absolute Gasteiger partial charge is 0.481 e. The predicted octanol–water partition coefficient (Wildman–Crippen LogP) is -0.880. The number of aliphatic carboxylic acids is 1. The molecule has 3 N–H and O–H groups in total. The first-order valence-corrected chi connectivity index (χ1v) is 5.70. The number of morpholine rings is 1. The minimum Gasteiger partial charge on any atom is -0.481 e. The Bertz CT molecular complexity index is 336. The Balaban J connectivity index is 1.80. The third-order valence-corrected chi connectivity index (χ3v) is 2.95. The number of hydrogen-bond donors (Lipinski definition) is 3. The van der Waals surface area contributed by atoms with Crippen molar-refractivity contribution in [2.75, 3.05) is 19.7 Å². The van der Waals surface area contributed by atoms with Crippen LogP contribution in [0.5, 0.6) is 0 Å². The lowest BCUT2D eigenvalue weighted by Crippen LogP contribution is -2.49. The Labute approximate surface area is 99.0 Å². The molecule has 0 aromatic rings. The summed E-state index contributed by atoms with van der Waals surface area (Å²) in [6, 6.07) is -0.200. The summed E-state index contributed by atoms with van der Waals surface area (Å²) in [5.41, 5.74) is 0. The highest BCUT2D eigenvalue weighted by Gasteiger charge is 2.28. The first-order chi connectivity index (χ1) is 8.16. The van der Waals surface area contributed by atoms with Crippen LogP contribution in [-0.4, -0.2) is 48.8 Å². The summed E-state index contributed by atoms with van der Waals surface area (Å²) in [6.07, 6.45) is 3.29. The van der Waals surface area contributed by atoms with Crippen LogP contribution in [0.15, 0.2) is 12.2 Å². The molecule has 0 aromatic heterocycles. The fourth-order valence-corrected chi connectivity index (χ4v) is 2.00. The molecule has 1 heterocycles. The van der Waals surface area contributed by atoms with Crippen LogP contribution in [0.25, 0.3) is 0 Å². The van der Waals surface area contributed by atoms with Gasteiger partial charge in [-0.05, 0) is 6.42 Å². The Morgan fingerprint density at radius 3 is 2.82 bits per heavy atom. The lowest BCUT2D eigenvalue weighted by atomic mass is 10.1. The Morgan fingerprint density at radius 2 is 2.24 bits per heavy atom. The van der Waals surface area contributed by atoms with E-state index in [0.717, 1.165) is 6.54 Å². The first-order valence-electron chi connectivity index (χ1n) is 5.70. The highest BCUT2D eigenvalue weighted by molar-refractivity contribution is 5.82. The monoisotopic (exact) mass is 240 g/mol. The molecule has 1 fully saturated rings. The van der Waals surface area contributed by atoms with E-state index in [1.165, 1.54) is 0 Å². The van der Waals surface area contributed by atoms with Gasteiger partial charge in [-0.25, -0.2) is 0 Å². The van der Waals surface area contributed by atoms with Gasteiger partial charge in [0.1, 0.15) is 6.10 Å². The van der Waals surface area contributed by atoms with Gasteiger partial charge in [-0.1, -0.05) is 12.2 Å². The quantitative estimate of drug-likeness (QED) is 0.558. The summed E-state index contributed by atoms with van der Waals surface area (Å²) in [4.78, 5) is 22.5. The van der Waals surface area contributed by atoms with Crippen molar-refractivity contribution in [1.29, 1.82) is 0 Å². The molecule has 0 radical (unpaired) electrons. The van der Waals surface area contributed by atoms with E-state index >= 15 is 0 Å². The molecule has 0 bridgehead atoms. The molecule has 0 saturated carbocycles. The van der Waals surface area contributed by atoms with Crippen LogP contribution >= 0.6 is 0 Å². The van der Waals surface area contributed by atoms with Gasteiger partial charge >= 0.3 is 5.97 Å². The van der Waals surface area contributed by atoms with Gasteiger partial charge in [-0.15, -0.1) is 0 Å². The fourth-order valence-electron chi connectivity index (χ4n) is 2.00. The molecule has 3 unspecified atom stereocenters. The van der Waals surface area contributed by atoms with Crippen molar-refractivity contribution in [3.05, 3.63) is 12.2 Å². The summed E-state index contributed by atoms with van der Waals surface area (Å²) in [5.74, 6) is -1.53. The van der Waals surface area contributed by atoms with E-state index in [4.69, 9.17) is 9.84 Å². The molecular formula is C11H16N2O4. The molecule has 0 aromatic carbocycles. The van der Waals surface area contributed by atoms with Crippen molar-refractivity contribution >= 4 is 11.9 Å². The molecule has 1 saturated heterocycles. The number of carboxylic acids is 1. The van der Waals surface area contributed by atoms with Crippen molar-refractivity contribution < 1.29 is 19.4 Å². The first kappa shape index (κ1) is 12.1. The van der Waals surface area contributed by atoms with E-state index in [2.05, 4.69) is 10.6 Å². The maximum atomic E-state index is 11.8.